The van der Waals surface area contributed by atoms with Crippen LogP contribution < -0.4 is 10.2 Å². The van der Waals surface area contributed by atoms with Crippen LogP contribution in [0.4, 0.5) is 25.1 Å². The Kier molecular flexibility index (Phi) is 6.66. The second kappa shape index (κ2) is 9.80. The Bertz CT molecular complexity index is 1350. The molecule has 1 aliphatic carbocycles. The molecular formula is C26H31F2N7O3. The van der Waals surface area contributed by atoms with Crippen molar-refractivity contribution in [2.24, 2.45) is 0 Å². The van der Waals surface area contributed by atoms with Gasteiger partial charge in [0.15, 0.2) is 0 Å². The molecule has 202 valence electrons. The van der Waals surface area contributed by atoms with Gasteiger partial charge in [0.1, 0.15) is 22.8 Å². The molecule has 38 heavy (non-hydrogen) atoms. The number of nitrogens with one attached hydrogen (secondary N) is 1. The molecule has 5 rings (SSSR count). The smallest absolute Gasteiger partial charge is 0.410 e. The van der Waals surface area contributed by atoms with Gasteiger partial charge in [0.25, 0.3) is 12.3 Å². The number of ether oxygens (including phenoxy) is 1. The summed E-state index contributed by atoms with van der Waals surface area (Å²) in [6.07, 6.45) is 5.54. The van der Waals surface area contributed by atoms with E-state index < -0.39 is 17.9 Å². The van der Waals surface area contributed by atoms with Crippen LogP contribution in [0.5, 0.6) is 0 Å². The van der Waals surface area contributed by atoms with Crippen LogP contribution in [0, 0.1) is 6.92 Å². The normalized spacial score (nSPS) is 17.8. The molecule has 1 unspecified atom stereocenters. The minimum absolute atomic E-state index is 0.0000150. The lowest BCUT2D eigenvalue weighted by Gasteiger charge is -2.31. The summed E-state index contributed by atoms with van der Waals surface area (Å²) in [4.78, 5) is 42.4. The van der Waals surface area contributed by atoms with E-state index >= 15 is 0 Å². The monoisotopic (exact) mass is 527 g/mol. The number of carbonyl (C=O) groups is 2. The van der Waals surface area contributed by atoms with Crippen molar-refractivity contribution in [1.82, 2.24) is 24.3 Å². The van der Waals surface area contributed by atoms with Crippen molar-refractivity contribution in [3.8, 4) is 0 Å². The first-order valence-electron chi connectivity index (χ1n) is 12.7. The molecule has 4 heterocycles. The number of aromatic nitrogens is 4. The number of imidazole rings is 1. The highest BCUT2D eigenvalue weighted by Gasteiger charge is 2.42. The van der Waals surface area contributed by atoms with Gasteiger partial charge in [-0.2, -0.15) is 0 Å². The van der Waals surface area contributed by atoms with Crippen molar-refractivity contribution >= 4 is 29.2 Å². The number of halogens is 2. The summed E-state index contributed by atoms with van der Waals surface area (Å²) in [5.74, 6) is -0.0705. The predicted molar refractivity (Wildman–Crippen MR) is 137 cm³/mol. The average Bonchev–Trinajstić information content (AvgIpc) is 3.41. The molecule has 0 radical (unpaired) electrons. The predicted octanol–water partition coefficient (Wildman–Crippen LogP) is 4.60. The maximum Gasteiger partial charge on any atom is 0.410 e. The molecule has 1 aliphatic heterocycles. The minimum Gasteiger partial charge on any atom is -0.444 e. The van der Waals surface area contributed by atoms with E-state index in [4.69, 9.17) is 4.74 Å². The van der Waals surface area contributed by atoms with Gasteiger partial charge >= 0.3 is 6.09 Å². The van der Waals surface area contributed by atoms with Gasteiger partial charge in [-0.05, 0) is 53.0 Å². The number of alkyl halides is 2. The summed E-state index contributed by atoms with van der Waals surface area (Å²) in [6.45, 7) is 8.59. The largest absolute Gasteiger partial charge is 0.444 e. The van der Waals surface area contributed by atoms with Crippen LogP contribution in [-0.4, -0.2) is 67.0 Å². The van der Waals surface area contributed by atoms with Crippen LogP contribution in [0.15, 0.2) is 30.9 Å². The van der Waals surface area contributed by atoms with Gasteiger partial charge in [-0.15, -0.1) is 0 Å². The number of amides is 2. The van der Waals surface area contributed by atoms with Crippen LogP contribution in [0.3, 0.4) is 0 Å². The number of hydrogen-bond acceptors (Lipinski definition) is 7. The Hall–Kier alpha value is -3.83. The second-order valence-electron chi connectivity index (χ2n) is 10.8. The summed E-state index contributed by atoms with van der Waals surface area (Å²) in [5.41, 5.74) is 0.130. The topological polar surface area (TPSA) is 105 Å². The second-order valence-corrected chi connectivity index (χ2v) is 10.8. The first-order chi connectivity index (χ1) is 18.0. The van der Waals surface area contributed by atoms with Crippen LogP contribution in [0.2, 0.25) is 0 Å². The first kappa shape index (κ1) is 25.8. The van der Waals surface area contributed by atoms with Crippen LogP contribution in [0.1, 0.15) is 68.2 Å². The zero-order chi connectivity index (χ0) is 27.2. The molecule has 1 saturated heterocycles. The number of pyridine rings is 1. The molecule has 10 nitrogen and oxygen atoms in total. The number of anilines is 2. The highest BCUT2D eigenvalue weighted by atomic mass is 19.3. The van der Waals surface area contributed by atoms with Crippen molar-refractivity contribution in [2.75, 3.05) is 23.3 Å². The molecular weight excluding hydrogens is 496 g/mol. The summed E-state index contributed by atoms with van der Waals surface area (Å²) < 4.78 is 34.5. The molecule has 1 saturated carbocycles. The molecule has 1 atom stereocenters. The first-order valence-corrected chi connectivity index (χ1v) is 12.7. The zero-order valence-corrected chi connectivity index (χ0v) is 21.8. The zero-order valence-electron chi connectivity index (χ0n) is 21.8. The van der Waals surface area contributed by atoms with Crippen molar-refractivity contribution in [1.29, 1.82) is 0 Å². The van der Waals surface area contributed by atoms with Crippen LogP contribution in [-0.2, 0) is 4.74 Å². The number of fused-ring (bicyclic) bond motifs is 1. The van der Waals surface area contributed by atoms with Gasteiger partial charge in [-0.25, -0.2) is 28.5 Å². The number of carbonyl (C=O) groups excluding carboxylic acids is 2. The molecule has 1 N–H and O–H groups in total. The summed E-state index contributed by atoms with van der Waals surface area (Å²) in [7, 11) is 0. The molecule has 3 aromatic rings. The molecule has 3 aromatic heterocycles. The highest BCUT2D eigenvalue weighted by molar-refractivity contribution is 6.03. The molecule has 2 aliphatic rings. The fraction of sp³-hybridized carbons (Fsp3) is 0.500. The van der Waals surface area contributed by atoms with E-state index in [0.717, 1.165) is 19.3 Å². The number of aryl methyl sites for hydroxylation is 1. The third-order valence-corrected chi connectivity index (χ3v) is 6.52. The van der Waals surface area contributed by atoms with Gasteiger partial charge in [0.05, 0.1) is 29.8 Å². The Morgan fingerprint density at radius 3 is 2.53 bits per heavy atom. The highest BCUT2D eigenvalue weighted by Crippen LogP contribution is 2.34. The number of rotatable bonds is 6. The van der Waals surface area contributed by atoms with Crippen molar-refractivity contribution < 1.29 is 23.1 Å². The Morgan fingerprint density at radius 2 is 1.89 bits per heavy atom. The van der Waals surface area contributed by atoms with E-state index in [2.05, 4.69) is 20.3 Å². The Morgan fingerprint density at radius 1 is 1.13 bits per heavy atom. The average molecular weight is 528 g/mol. The Labute approximate surface area is 219 Å². The summed E-state index contributed by atoms with van der Waals surface area (Å²) in [5, 5.41) is 2.53. The fourth-order valence-electron chi connectivity index (χ4n) is 4.69. The third kappa shape index (κ3) is 5.53. The molecule has 2 amide bonds. The quantitative estimate of drug-likeness (QED) is 0.500. The number of hydrogen-bond donors (Lipinski definition) is 1. The van der Waals surface area contributed by atoms with Crippen molar-refractivity contribution in [3.05, 3.63) is 47.8 Å². The Balaban J connectivity index is 1.26. The van der Waals surface area contributed by atoms with Crippen molar-refractivity contribution in [2.45, 2.75) is 71.1 Å². The SMILES string of the molecule is Cc1cn2cc(NC(=O)c3cnc(N4CCC(N(C(=O)OC(C)(C)C)C5CC5)C4)cn3)c(C(F)F)cc2n1. The van der Waals surface area contributed by atoms with Gasteiger partial charge in [-0.3, -0.25) is 4.79 Å². The van der Waals surface area contributed by atoms with E-state index in [1.807, 2.05) is 30.6 Å². The fourth-order valence-corrected chi connectivity index (χ4v) is 4.69. The van der Waals surface area contributed by atoms with Crippen LogP contribution in [0.25, 0.3) is 5.65 Å². The number of nitrogens with zero attached hydrogens (tertiary/aromatic N) is 6. The molecule has 0 aromatic carbocycles. The molecule has 12 heteroatoms. The van der Waals surface area contributed by atoms with E-state index in [1.54, 1.807) is 17.5 Å². The maximum atomic E-state index is 13.7. The summed E-state index contributed by atoms with van der Waals surface area (Å²) >= 11 is 0. The van der Waals surface area contributed by atoms with E-state index in [9.17, 15) is 18.4 Å². The van der Waals surface area contributed by atoms with Gasteiger partial charge < -0.3 is 24.3 Å². The molecule has 0 bridgehead atoms. The van der Waals surface area contributed by atoms with Crippen molar-refractivity contribution in [3.63, 3.8) is 0 Å². The molecule has 0 spiro atoms. The lowest BCUT2D eigenvalue weighted by molar-refractivity contribution is 0.0158. The van der Waals surface area contributed by atoms with Gasteiger partial charge in [0, 0.05) is 37.1 Å². The third-order valence-electron chi connectivity index (χ3n) is 6.52. The van der Waals surface area contributed by atoms with Gasteiger partial charge in [0.2, 0.25) is 0 Å². The van der Waals surface area contributed by atoms with Crippen LogP contribution >= 0.6 is 0 Å². The van der Waals surface area contributed by atoms with E-state index in [0.29, 0.717) is 30.2 Å². The van der Waals surface area contributed by atoms with E-state index in [-0.39, 0.29) is 35.1 Å². The maximum absolute atomic E-state index is 13.7. The van der Waals surface area contributed by atoms with E-state index in [1.165, 1.54) is 24.7 Å². The standard InChI is InChI=1S/C26H31F2N7O3/c1-15-12-34-14-20(18(23(27)28)9-21(34)31-15)32-24(36)19-10-30-22(11-29-19)33-8-7-17(13-33)35(16-5-6-16)25(37)38-26(2,3)4/h9-12,14,16-17,23H,5-8,13H2,1-4H3,(H,32,36). The molecule has 2 fully saturated rings. The minimum atomic E-state index is -2.79. The lowest BCUT2D eigenvalue weighted by Crippen LogP contribution is -2.46. The summed E-state index contributed by atoms with van der Waals surface area (Å²) in [6, 6.07) is 1.46. The lowest BCUT2D eigenvalue weighted by atomic mass is 10.2. The van der Waals surface area contributed by atoms with Gasteiger partial charge in [-0.1, -0.05) is 0 Å².